The van der Waals surface area contributed by atoms with Crippen molar-refractivity contribution >= 4 is 50.7 Å². The van der Waals surface area contributed by atoms with E-state index < -0.39 is 34.4 Å². The monoisotopic (exact) mass is 605 g/mol. The Kier molecular flexibility index (Phi) is 9.44. The summed E-state index contributed by atoms with van der Waals surface area (Å²) in [6, 6.07) is 16.5. The van der Waals surface area contributed by atoms with Crippen LogP contribution in [0.25, 0.3) is 0 Å². The van der Waals surface area contributed by atoms with Gasteiger partial charge in [0, 0.05) is 35.3 Å². The molecule has 0 aliphatic carbocycles. The Bertz CT molecular complexity index is 1470. The highest BCUT2D eigenvalue weighted by molar-refractivity contribution is 7.92. The van der Waals surface area contributed by atoms with Crippen LogP contribution in [0, 0.1) is 0 Å². The number of nitrogens with zero attached hydrogens (tertiary/aromatic N) is 2. The molecule has 2 amide bonds. The SMILES string of the molecule is CC[C@H](C(=O)NC)N(Cc1c(Cl)cccc1Cl)C(=O)CN(c1ccc2c(c1)OCCO2)S(=O)(=O)c1ccccc1. The summed E-state index contributed by atoms with van der Waals surface area (Å²) in [6.45, 7) is 1.72. The van der Waals surface area contributed by atoms with Gasteiger partial charge in [0.15, 0.2) is 11.5 Å². The number of halogens is 2. The number of sulfonamides is 1. The molecule has 0 radical (unpaired) electrons. The highest BCUT2D eigenvalue weighted by Gasteiger charge is 2.34. The van der Waals surface area contributed by atoms with Crippen LogP contribution in [-0.2, 0) is 26.2 Å². The van der Waals surface area contributed by atoms with Gasteiger partial charge in [-0.3, -0.25) is 13.9 Å². The van der Waals surface area contributed by atoms with Crippen molar-refractivity contribution in [1.82, 2.24) is 10.2 Å². The Labute approximate surface area is 243 Å². The van der Waals surface area contributed by atoms with Crippen LogP contribution < -0.4 is 19.1 Å². The zero-order valence-corrected chi connectivity index (χ0v) is 24.3. The van der Waals surface area contributed by atoms with Crippen molar-refractivity contribution < 1.29 is 27.5 Å². The Morgan fingerprint density at radius 3 is 2.23 bits per heavy atom. The minimum Gasteiger partial charge on any atom is -0.486 e. The minimum absolute atomic E-state index is 0.00303. The lowest BCUT2D eigenvalue weighted by Gasteiger charge is -2.33. The number of nitrogens with one attached hydrogen (secondary N) is 1. The van der Waals surface area contributed by atoms with Gasteiger partial charge in [-0.1, -0.05) is 54.4 Å². The number of rotatable bonds is 10. The first-order chi connectivity index (χ1) is 19.2. The molecule has 4 rings (SSSR count). The van der Waals surface area contributed by atoms with Crippen molar-refractivity contribution in [2.24, 2.45) is 0 Å². The maximum atomic E-state index is 14.0. The van der Waals surface area contributed by atoms with Crippen LogP contribution >= 0.6 is 23.2 Å². The van der Waals surface area contributed by atoms with E-state index in [0.717, 1.165) is 4.31 Å². The molecule has 212 valence electrons. The molecule has 12 heteroatoms. The Balaban J connectivity index is 1.78. The molecule has 9 nitrogen and oxygen atoms in total. The first-order valence-corrected chi connectivity index (χ1v) is 14.8. The summed E-state index contributed by atoms with van der Waals surface area (Å²) >= 11 is 12.8. The molecule has 1 heterocycles. The van der Waals surface area contributed by atoms with E-state index in [2.05, 4.69) is 5.32 Å². The quantitative estimate of drug-likeness (QED) is 0.364. The molecular weight excluding hydrogens is 577 g/mol. The molecule has 0 fully saturated rings. The zero-order chi connectivity index (χ0) is 28.9. The van der Waals surface area contributed by atoms with Crippen molar-refractivity contribution in [1.29, 1.82) is 0 Å². The van der Waals surface area contributed by atoms with E-state index in [4.69, 9.17) is 32.7 Å². The third kappa shape index (κ3) is 6.29. The smallest absolute Gasteiger partial charge is 0.264 e. The van der Waals surface area contributed by atoms with E-state index in [9.17, 15) is 18.0 Å². The fourth-order valence-electron chi connectivity index (χ4n) is 4.38. The summed E-state index contributed by atoms with van der Waals surface area (Å²) in [4.78, 5) is 28.2. The van der Waals surface area contributed by atoms with E-state index in [-0.39, 0.29) is 23.5 Å². The molecule has 1 aliphatic rings. The standard InChI is InChI=1S/C28H29Cl2N3O6S/c1-3-24(28(35)31-2)32(17-21-22(29)10-7-11-23(21)30)27(34)18-33(40(36,37)20-8-5-4-6-9-20)19-12-13-25-26(16-19)39-15-14-38-25/h4-13,16,24H,3,14-15,17-18H2,1-2H3,(H,31,35)/t24-/m1/s1. The first-order valence-electron chi connectivity index (χ1n) is 12.6. The number of anilines is 1. The number of likely N-dealkylation sites (N-methyl/N-ethyl adjacent to an activating group) is 1. The lowest BCUT2D eigenvalue weighted by molar-refractivity contribution is -0.140. The molecule has 3 aromatic rings. The summed E-state index contributed by atoms with van der Waals surface area (Å²) in [5.41, 5.74) is 0.642. The van der Waals surface area contributed by atoms with Crippen LogP contribution in [0.1, 0.15) is 18.9 Å². The molecule has 0 bridgehead atoms. The highest BCUT2D eigenvalue weighted by Crippen LogP contribution is 2.36. The second-order valence-electron chi connectivity index (χ2n) is 8.91. The lowest BCUT2D eigenvalue weighted by Crippen LogP contribution is -2.51. The number of ether oxygens (including phenoxy) is 2. The van der Waals surface area contributed by atoms with Crippen molar-refractivity contribution in [3.8, 4) is 11.5 Å². The van der Waals surface area contributed by atoms with Crippen molar-refractivity contribution in [2.75, 3.05) is 31.1 Å². The van der Waals surface area contributed by atoms with Gasteiger partial charge in [0.05, 0.1) is 10.6 Å². The van der Waals surface area contributed by atoms with Crippen LogP contribution in [0.5, 0.6) is 11.5 Å². The van der Waals surface area contributed by atoms with Gasteiger partial charge in [-0.05, 0) is 42.8 Å². The largest absolute Gasteiger partial charge is 0.486 e. The van der Waals surface area contributed by atoms with Gasteiger partial charge in [0.1, 0.15) is 25.8 Å². The second-order valence-corrected chi connectivity index (χ2v) is 11.6. The van der Waals surface area contributed by atoms with Gasteiger partial charge >= 0.3 is 0 Å². The van der Waals surface area contributed by atoms with Gasteiger partial charge < -0.3 is 19.7 Å². The maximum Gasteiger partial charge on any atom is 0.264 e. The number of hydrogen-bond acceptors (Lipinski definition) is 6. The normalized spacial score (nSPS) is 13.3. The number of benzene rings is 3. The number of amides is 2. The molecular formula is C28H29Cl2N3O6S. The molecule has 0 unspecified atom stereocenters. The Morgan fingerprint density at radius 2 is 1.60 bits per heavy atom. The fourth-order valence-corrected chi connectivity index (χ4v) is 6.32. The van der Waals surface area contributed by atoms with E-state index in [1.54, 1.807) is 55.5 Å². The highest BCUT2D eigenvalue weighted by atomic mass is 35.5. The topological polar surface area (TPSA) is 105 Å². The molecule has 1 atom stereocenters. The van der Waals surface area contributed by atoms with Gasteiger partial charge in [-0.2, -0.15) is 0 Å². The van der Waals surface area contributed by atoms with E-state index >= 15 is 0 Å². The summed E-state index contributed by atoms with van der Waals surface area (Å²) in [7, 11) is -2.75. The van der Waals surface area contributed by atoms with Gasteiger partial charge in [0.2, 0.25) is 11.8 Å². The van der Waals surface area contributed by atoms with Crippen molar-refractivity contribution in [3.63, 3.8) is 0 Å². The van der Waals surface area contributed by atoms with Gasteiger partial charge in [0.25, 0.3) is 10.0 Å². The van der Waals surface area contributed by atoms with E-state index in [1.165, 1.54) is 30.1 Å². The molecule has 0 aromatic heterocycles. The predicted molar refractivity (Wildman–Crippen MR) is 154 cm³/mol. The molecule has 40 heavy (non-hydrogen) atoms. The Morgan fingerprint density at radius 1 is 0.950 bits per heavy atom. The maximum absolute atomic E-state index is 14.0. The van der Waals surface area contributed by atoms with Crippen LogP contribution in [0.3, 0.4) is 0 Å². The van der Waals surface area contributed by atoms with E-state index in [1.807, 2.05) is 0 Å². The molecule has 0 spiro atoms. The van der Waals surface area contributed by atoms with Crippen LogP contribution in [-0.4, -0.2) is 58.0 Å². The fraction of sp³-hybridized carbons (Fsp3) is 0.286. The van der Waals surface area contributed by atoms with Crippen LogP contribution in [0.4, 0.5) is 5.69 Å². The van der Waals surface area contributed by atoms with Gasteiger partial charge in [-0.15, -0.1) is 0 Å². The van der Waals surface area contributed by atoms with Crippen LogP contribution in [0.15, 0.2) is 71.6 Å². The number of carbonyl (C=O) groups excluding carboxylic acids is 2. The summed E-state index contributed by atoms with van der Waals surface area (Å²) in [5, 5.41) is 3.22. The van der Waals surface area contributed by atoms with E-state index in [0.29, 0.717) is 40.3 Å². The lowest BCUT2D eigenvalue weighted by atomic mass is 10.1. The van der Waals surface area contributed by atoms with Gasteiger partial charge in [-0.25, -0.2) is 8.42 Å². The summed E-state index contributed by atoms with van der Waals surface area (Å²) < 4.78 is 40.1. The number of fused-ring (bicyclic) bond motifs is 1. The summed E-state index contributed by atoms with van der Waals surface area (Å²) in [6.07, 6.45) is 0.267. The average Bonchev–Trinajstić information content (AvgIpc) is 2.97. The third-order valence-corrected chi connectivity index (χ3v) is 8.94. The third-order valence-electron chi connectivity index (χ3n) is 6.45. The molecule has 0 saturated carbocycles. The zero-order valence-electron chi connectivity index (χ0n) is 22.0. The van der Waals surface area contributed by atoms with Crippen molar-refractivity contribution in [2.45, 2.75) is 30.8 Å². The first kappa shape index (κ1) is 29.5. The molecule has 1 aliphatic heterocycles. The molecule has 3 aromatic carbocycles. The minimum atomic E-state index is -4.22. The number of carbonyl (C=O) groups is 2. The Hall–Kier alpha value is -3.47. The predicted octanol–water partition coefficient (Wildman–Crippen LogP) is 4.51. The number of hydrogen-bond donors (Lipinski definition) is 1. The molecule has 0 saturated heterocycles. The summed E-state index contributed by atoms with van der Waals surface area (Å²) in [5.74, 6) is -0.198. The second kappa shape index (κ2) is 12.8. The average molecular weight is 607 g/mol. The van der Waals surface area contributed by atoms with Crippen LogP contribution in [0.2, 0.25) is 10.0 Å². The van der Waals surface area contributed by atoms with Crippen molar-refractivity contribution in [3.05, 3.63) is 82.3 Å². The molecule has 1 N–H and O–H groups in total.